The van der Waals surface area contributed by atoms with Crippen LogP contribution in [0.2, 0.25) is 0 Å². The summed E-state index contributed by atoms with van der Waals surface area (Å²) in [6, 6.07) is 8.94. The molecule has 2 heterocycles. The normalized spacial score (nSPS) is 18.2. The van der Waals surface area contributed by atoms with Crippen LogP contribution < -0.4 is 5.32 Å². The van der Waals surface area contributed by atoms with Gasteiger partial charge in [0.2, 0.25) is 0 Å². The highest BCUT2D eigenvalue weighted by molar-refractivity contribution is 5.82. The zero-order valence-corrected chi connectivity index (χ0v) is 11.8. The number of piperidine rings is 1. The van der Waals surface area contributed by atoms with Gasteiger partial charge in [0, 0.05) is 23.5 Å². The summed E-state index contributed by atoms with van der Waals surface area (Å²) in [4.78, 5) is 2.40. The van der Waals surface area contributed by atoms with Gasteiger partial charge in [-0.3, -0.25) is 0 Å². The number of nitrogens with zero attached hydrogens (tertiary/aromatic N) is 1. The summed E-state index contributed by atoms with van der Waals surface area (Å²) in [5.41, 5.74) is 2.31. The van der Waals surface area contributed by atoms with E-state index in [-0.39, 0.29) is 0 Å². The number of nitrogens with one attached hydrogen (secondary N) is 1. The lowest BCUT2D eigenvalue weighted by atomic mass is 10.0. The van der Waals surface area contributed by atoms with Crippen molar-refractivity contribution in [1.82, 2.24) is 10.2 Å². The Kier molecular flexibility index (Phi) is 3.58. The smallest absolute Gasteiger partial charge is 0.134 e. The van der Waals surface area contributed by atoms with E-state index in [1.165, 1.54) is 36.9 Å². The second kappa shape index (κ2) is 5.35. The average molecular weight is 258 g/mol. The first kappa shape index (κ1) is 12.7. The van der Waals surface area contributed by atoms with E-state index in [0.717, 1.165) is 17.9 Å². The van der Waals surface area contributed by atoms with Gasteiger partial charge in [-0.2, -0.15) is 0 Å². The molecule has 1 aromatic heterocycles. The maximum atomic E-state index is 5.81. The molecule has 0 unspecified atom stereocenters. The molecule has 0 aliphatic carbocycles. The largest absolute Gasteiger partial charge is 0.461 e. The Hall–Kier alpha value is -1.32. The number of likely N-dealkylation sites (tertiary alicyclic amines) is 1. The average Bonchev–Trinajstić information content (AvgIpc) is 2.74. The van der Waals surface area contributed by atoms with E-state index in [4.69, 9.17) is 4.42 Å². The van der Waals surface area contributed by atoms with E-state index in [0.29, 0.717) is 6.04 Å². The van der Waals surface area contributed by atoms with Crippen LogP contribution >= 0.6 is 0 Å². The van der Waals surface area contributed by atoms with Gasteiger partial charge in [0.05, 0.1) is 0 Å². The second-order valence-electron chi connectivity index (χ2n) is 5.59. The van der Waals surface area contributed by atoms with E-state index < -0.39 is 0 Å². The van der Waals surface area contributed by atoms with Crippen LogP contribution in [0.3, 0.4) is 0 Å². The van der Waals surface area contributed by atoms with Crippen molar-refractivity contribution >= 4 is 11.0 Å². The van der Waals surface area contributed by atoms with Crippen LogP contribution in [0.5, 0.6) is 0 Å². The summed E-state index contributed by atoms with van der Waals surface area (Å²) in [7, 11) is 2.20. The molecular formula is C16H22N2O. The number of hydrogen-bond acceptors (Lipinski definition) is 3. The minimum absolute atomic E-state index is 0.643. The third-order valence-electron chi connectivity index (χ3n) is 4.19. The van der Waals surface area contributed by atoms with Gasteiger partial charge in [-0.1, -0.05) is 18.2 Å². The number of benzene rings is 1. The van der Waals surface area contributed by atoms with E-state index in [1.807, 2.05) is 12.1 Å². The highest BCUT2D eigenvalue weighted by atomic mass is 16.3. The van der Waals surface area contributed by atoms with Crippen molar-refractivity contribution < 1.29 is 4.42 Å². The van der Waals surface area contributed by atoms with Crippen molar-refractivity contribution in [3.63, 3.8) is 0 Å². The number of furan rings is 1. The molecule has 1 saturated heterocycles. The fourth-order valence-electron chi connectivity index (χ4n) is 2.90. The van der Waals surface area contributed by atoms with E-state index in [9.17, 15) is 0 Å². The molecule has 0 atom stereocenters. The predicted octanol–water partition coefficient (Wildman–Crippen LogP) is 2.93. The van der Waals surface area contributed by atoms with Crippen molar-refractivity contribution in [3.8, 4) is 0 Å². The molecule has 1 fully saturated rings. The van der Waals surface area contributed by atoms with Crippen LogP contribution in [0.15, 0.2) is 28.7 Å². The Labute approximate surface area is 114 Å². The minimum atomic E-state index is 0.643. The lowest BCUT2D eigenvalue weighted by molar-refractivity contribution is 0.234. The van der Waals surface area contributed by atoms with Crippen molar-refractivity contribution in [3.05, 3.63) is 35.6 Å². The monoisotopic (exact) mass is 258 g/mol. The zero-order valence-electron chi connectivity index (χ0n) is 11.8. The predicted molar refractivity (Wildman–Crippen MR) is 78.3 cm³/mol. The molecule has 0 radical (unpaired) electrons. The highest BCUT2D eigenvalue weighted by Crippen LogP contribution is 2.25. The van der Waals surface area contributed by atoms with E-state index >= 15 is 0 Å². The van der Waals surface area contributed by atoms with Crippen LogP contribution in [-0.4, -0.2) is 31.1 Å². The molecule has 3 rings (SSSR count). The summed E-state index contributed by atoms with van der Waals surface area (Å²) in [6.45, 7) is 5.37. The van der Waals surface area contributed by atoms with Gasteiger partial charge in [-0.25, -0.2) is 0 Å². The second-order valence-corrected chi connectivity index (χ2v) is 5.59. The Morgan fingerprint density at radius 2 is 2.00 bits per heavy atom. The molecule has 3 heteroatoms. The molecule has 3 nitrogen and oxygen atoms in total. The van der Waals surface area contributed by atoms with Gasteiger partial charge in [0.15, 0.2) is 0 Å². The Morgan fingerprint density at radius 1 is 1.26 bits per heavy atom. The summed E-state index contributed by atoms with van der Waals surface area (Å²) >= 11 is 0. The highest BCUT2D eigenvalue weighted by Gasteiger charge is 2.17. The lowest BCUT2D eigenvalue weighted by Gasteiger charge is -2.29. The standard InChI is InChI=1S/C16H22N2O/c1-12-15(14-5-3-4-6-16(14)19-12)11-17-13-7-9-18(2)10-8-13/h3-6,13,17H,7-11H2,1-2H3. The molecule has 0 bridgehead atoms. The lowest BCUT2D eigenvalue weighted by Crippen LogP contribution is -2.40. The Morgan fingerprint density at radius 3 is 2.79 bits per heavy atom. The molecule has 1 N–H and O–H groups in total. The van der Waals surface area contributed by atoms with Gasteiger partial charge in [-0.15, -0.1) is 0 Å². The van der Waals surface area contributed by atoms with Crippen molar-refractivity contribution in [2.75, 3.05) is 20.1 Å². The van der Waals surface area contributed by atoms with Crippen LogP contribution in [0, 0.1) is 6.92 Å². The molecule has 19 heavy (non-hydrogen) atoms. The van der Waals surface area contributed by atoms with Crippen molar-refractivity contribution in [2.45, 2.75) is 32.4 Å². The quantitative estimate of drug-likeness (QED) is 0.917. The first-order valence-electron chi connectivity index (χ1n) is 7.13. The topological polar surface area (TPSA) is 28.4 Å². The molecule has 1 aliphatic heterocycles. The molecule has 0 saturated carbocycles. The third kappa shape index (κ3) is 2.67. The number of para-hydroxylation sites is 1. The van der Waals surface area contributed by atoms with Gasteiger partial charge in [-0.05, 0) is 46.0 Å². The number of hydrogen-bond donors (Lipinski definition) is 1. The van der Waals surface area contributed by atoms with Gasteiger partial charge in [0.25, 0.3) is 0 Å². The first-order chi connectivity index (χ1) is 9.24. The number of rotatable bonds is 3. The van der Waals surface area contributed by atoms with Crippen molar-refractivity contribution in [2.24, 2.45) is 0 Å². The SMILES string of the molecule is Cc1oc2ccccc2c1CNC1CCN(C)CC1. The Bertz CT molecular complexity index is 553. The molecule has 102 valence electrons. The summed E-state index contributed by atoms with van der Waals surface area (Å²) in [6.07, 6.45) is 2.48. The maximum Gasteiger partial charge on any atom is 0.134 e. The van der Waals surface area contributed by atoms with Crippen molar-refractivity contribution in [1.29, 1.82) is 0 Å². The fourth-order valence-corrected chi connectivity index (χ4v) is 2.90. The van der Waals surface area contributed by atoms with Gasteiger partial charge in [0.1, 0.15) is 11.3 Å². The van der Waals surface area contributed by atoms with Crippen LogP contribution in [0.1, 0.15) is 24.2 Å². The number of aryl methyl sites for hydroxylation is 1. The minimum Gasteiger partial charge on any atom is -0.461 e. The molecular weight excluding hydrogens is 236 g/mol. The summed E-state index contributed by atoms with van der Waals surface area (Å²) in [5.74, 6) is 1.04. The van der Waals surface area contributed by atoms with E-state index in [1.54, 1.807) is 0 Å². The molecule has 1 aromatic carbocycles. The summed E-state index contributed by atoms with van der Waals surface area (Å²) < 4.78 is 5.81. The summed E-state index contributed by atoms with van der Waals surface area (Å²) in [5, 5.41) is 4.94. The van der Waals surface area contributed by atoms with Crippen LogP contribution in [0.4, 0.5) is 0 Å². The van der Waals surface area contributed by atoms with E-state index in [2.05, 4.69) is 36.3 Å². The van der Waals surface area contributed by atoms with Gasteiger partial charge >= 0.3 is 0 Å². The molecule has 2 aromatic rings. The van der Waals surface area contributed by atoms with Crippen LogP contribution in [0.25, 0.3) is 11.0 Å². The molecule has 0 spiro atoms. The fraction of sp³-hybridized carbons (Fsp3) is 0.500. The van der Waals surface area contributed by atoms with Gasteiger partial charge < -0.3 is 14.6 Å². The first-order valence-corrected chi connectivity index (χ1v) is 7.13. The molecule has 0 amide bonds. The molecule has 1 aliphatic rings. The zero-order chi connectivity index (χ0) is 13.2. The third-order valence-corrected chi connectivity index (χ3v) is 4.19. The van der Waals surface area contributed by atoms with Crippen LogP contribution in [-0.2, 0) is 6.54 Å². The Balaban J connectivity index is 1.70. The number of fused-ring (bicyclic) bond motifs is 1. The maximum absolute atomic E-state index is 5.81.